The van der Waals surface area contributed by atoms with Crippen LogP contribution in [0.2, 0.25) is 0 Å². The Bertz CT molecular complexity index is 1400. The van der Waals surface area contributed by atoms with Crippen molar-refractivity contribution in [2.45, 2.75) is 172 Å². The van der Waals surface area contributed by atoms with E-state index in [2.05, 4.69) is 48.5 Å². The maximum Gasteiger partial charge on any atom is 0.306 e. The topological polar surface area (TPSA) is 127 Å². The summed E-state index contributed by atoms with van der Waals surface area (Å²) in [6.45, 7) is 25.0. The second-order valence-electron chi connectivity index (χ2n) is 21.8. The minimum Gasteiger partial charge on any atom is -0.481 e. The maximum absolute atomic E-state index is 13.2. The summed E-state index contributed by atoms with van der Waals surface area (Å²) in [5.41, 5.74) is -1.01. The first-order valence-electron chi connectivity index (χ1n) is 20.6. The molecule has 0 heterocycles. The predicted octanol–water partition coefficient (Wildman–Crippen LogP) is 9.96. The van der Waals surface area contributed by atoms with Gasteiger partial charge in [0.2, 0.25) is 0 Å². The Kier molecular flexibility index (Phi) is 11.0. The van der Waals surface area contributed by atoms with Gasteiger partial charge in [0, 0.05) is 10.8 Å². The van der Waals surface area contributed by atoms with Gasteiger partial charge in [0.25, 0.3) is 0 Å². The number of carboxylic acid groups (broad SMARTS) is 2. The van der Waals surface area contributed by atoms with Crippen LogP contribution in [0.4, 0.5) is 0 Å². The van der Waals surface area contributed by atoms with Gasteiger partial charge in [0.05, 0.1) is 32.3 Å². The van der Waals surface area contributed by atoms with Gasteiger partial charge in [-0.2, -0.15) is 0 Å². The Morgan fingerprint density at radius 1 is 0.673 bits per heavy atom. The van der Waals surface area contributed by atoms with E-state index >= 15 is 0 Å². The van der Waals surface area contributed by atoms with Gasteiger partial charge in [0.1, 0.15) is 6.10 Å². The summed E-state index contributed by atoms with van der Waals surface area (Å²) in [7, 11) is 0. The molecule has 8 heteroatoms. The van der Waals surface area contributed by atoms with Crippen molar-refractivity contribution in [3.8, 4) is 0 Å². The summed E-state index contributed by atoms with van der Waals surface area (Å²) in [4.78, 5) is 49.2. The molecule has 5 aliphatic rings. The van der Waals surface area contributed by atoms with Gasteiger partial charge in [-0.3, -0.25) is 19.2 Å². The number of aliphatic carboxylic acids is 2. The molecule has 0 saturated heterocycles. The standard InChI is InChI=1S/C44H72O8/c1-27(2)28-14-19-44(26-51-35(49)24-38(3,4)22-33(45)46)21-20-42(10)29(37(28)44)12-13-31-41(9)17-16-32(40(7,8)30(41)15-18-43(31,42)11)52-36(50)25-39(5,6)23-34(47)48/h27-32,37H,12-26H2,1-11H3,(H,45,46)(H,47,48)/t28-,29?,30?,31?,32-,37?,41-,42+,43+,44+/m0/s1. The lowest BCUT2D eigenvalue weighted by atomic mass is 9.32. The number of hydrogen-bond donors (Lipinski definition) is 2. The van der Waals surface area contributed by atoms with Gasteiger partial charge in [-0.05, 0) is 127 Å². The molecule has 0 bridgehead atoms. The van der Waals surface area contributed by atoms with Gasteiger partial charge in [-0.25, -0.2) is 0 Å². The zero-order valence-electron chi connectivity index (χ0n) is 34.5. The number of ether oxygens (including phenoxy) is 2. The fraction of sp³-hybridized carbons (Fsp3) is 0.909. The molecule has 5 saturated carbocycles. The van der Waals surface area contributed by atoms with E-state index in [0.29, 0.717) is 42.1 Å². The van der Waals surface area contributed by atoms with Gasteiger partial charge in [0.15, 0.2) is 0 Å². The highest BCUT2D eigenvalue weighted by molar-refractivity contribution is 5.74. The Hall–Kier alpha value is -2.12. The normalized spacial score (nSPS) is 39.8. The minimum absolute atomic E-state index is 0.0149. The van der Waals surface area contributed by atoms with Crippen molar-refractivity contribution >= 4 is 23.9 Å². The average molecular weight is 729 g/mol. The highest BCUT2D eigenvalue weighted by atomic mass is 16.5. The number of carbonyl (C=O) groups is 4. The third kappa shape index (κ3) is 7.20. The molecule has 0 aliphatic heterocycles. The van der Waals surface area contributed by atoms with E-state index < -0.39 is 22.8 Å². The Morgan fingerprint density at radius 3 is 1.85 bits per heavy atom. The third-order valence-electron chi connectivity index (χ3n) is 16.8. The fourth-order valence-corrected chi connectivity index (χ4v) is 14.2. The van der Waals surface area contributed by atoms with Crippen LogP contribution >= 0.6 is 0 Å². The molecule has 52 heavy (non-hydrogen) atoms. The first kappa shape index (κ1) is 41.1. The summed E-state index contributed by atoms with van der Waals surface area (Å²) in [6.07, 6.45) is 11.0. The molecule has 2 N–H and O–H groups in total. The molecule has 5 fully saturated rings. The molecular weight excluding hydrogens is 656 g/mol. The Morgan fingerprint density at radius 2 is 1.27 bits per heavy atom. The highest BCUT2D eigenvalue weighted by Crippen LogP contribution is 2.77. The average Bonchev–Trinajstić information content (AvgIpc) is 3.36. The second kappa shape index (κ2) is 13.9. The van der Waals surface area contributed by atoms with Crippen LogP contribution in [-0.4, -0.2) is 46.8 Å². The SMILES string of the molecule is CC(C)[C@@H]1CC[C@]2(COC(=O)CC(C)(C)CC(=O)O)CC[C@]3(C)C(CCC4[C@@]5(C)CC[C@H](OC(=O)CC(C)(C)CC(=O)O)C(C)(C)C5CC[C@]43C)C12. The van der Waals surface area contributed by atoms with Crippen LogP contribution in [-0.2, 0) is 28.7 Å². The van der Waals surface area contributed by atoms with Crippen molar-refractivity contribution in [1.29, 1.82) is 0 Å². The molecule has 0 aromatic rings. The monoisotopic (exact) mass is 729 g/mol. The summed E-state index contributed by atoms with van der Waals surface area (Å²) in [5, 5.41) is 18.7. The summed E-state index contributed by atoms with van der Waals surface area (Å²) in [6, 6.07) is 0. The van der Waals surface area contributed by atoms with Crippen molar-refractivity contribution in [2.75, 3.05) is 6.61 Å². The van der Waals surface area contributed by atoms with Crippen LogP contribution in [0.15, 0.2) is 0 Å². The smallest absolute Gasteiger partial charge is 0.306 e. The Balaban J connectivity index is 1.35. The van der Waals surface area contributed by atoms with E-state index in [-0.39, 0.29) is 70.8 Å². The van der Waals surface area contributed by atoms with Gasteiger partial charge in [-0.15, -0.1) is 0 Å². The van der Waals surface area contributed by atoms with Crippen molar-refractivity contribution in [2.24, 2.45) is 73.4 Å². The Labute approximate surface area is 314 Å². The molecule has 296 valence electrons. The van der Waals surface area contributed by atoms with E-state index in [1.54, 1.807) is 0 Å². The number of rotatable bonds is 12. The highest BCUT2D eigenvalue weighted by Gasteiger charge is 2.71. The van der Waals surface area contributed by atoms with Crippen LogP contribution in [0.1, 0.15) is 166 Å². The van der Waals surface area contributed by atoms with Crippen LogP contribution in [0, 0.1) is 73.4 Å². The first-order chi connectivity index (χ1) is 23.8. The van der Waals surface area contributed by atoms with Crippen LogP contribution in [0.5, 0.6) is 0 Å². The molecule has 0 radical (unpaired) electrons. The van der Waals surface area contributed by atoms with Crippen LogP contribution in [0.25, 0.3) is 0 Å². The van der Waals surface area contributed by atoms with Crippen molar-refractivity contribution in [3.05, 3.63) is 0 Å². The van der Waals surface area contributed by atoms with E-state index in [1.807, 2.05) is 27.7 Å². The number of esters is 2. The molecule has 4 unspecified atom stereocenters. The molecule has 5 rings (SSSR count). The van der Waals surface area contributed by atoms with Gasteiger partial charge in [-0.1, -0.05) is 76.2 Å². The van der Waals surface area contributed by atoms with Gasteiger partial charge < -0.3 is 19.7 Å². The van der Waals surface area contributed by atoms with Crippen LogP contribution < -0.4 is 0 Å². The summed E-state index contributed by atoms with van der Waals surface area (Å²) >= 11 is 0. The first-order valence-corrected chi connectivity index (χ1v) is 20.6. The maximum atomic E-state index is 13.2. The molecular formula is C44H72O8. The van der Waals surface area contributed by atoms with Gasteiger partial charge >= 0.3 is 23.9 Å². The van der Waals surface area contributed by atoms with Crippen molar-refractivity contribution < 1.29 is 38.9 Å². The quantitative estimate of drug-likeness (QED) is 0.190. The number of fused-ring (bicyclic) bond motifs is 7. The minimum atomic E-state index is -0.894. The van der Waals surface area contributed by atoms with E-state index in [0.717, 1.165) is 38.5 Å². The van der Waals surface area contributed by atoms with E-state index in [4.69, 9.17) is 9.47 Å². The third-order valence-corrected chi connectivity index (χ3v) is 16.8. The molecule has 0 aromatic carbocycles. The summed E-state index contributed by atoms with van der Waals surface area (Å²) < 4.78 is 12.4. The number of carbonyl (C=O) groups excluding carboxylic acids is 2. The zero-order valence-corrected chi connectivity index (χ0v) is 34.5. The molecule has 8 nitrogen and oxygen atoms in total. The lowest BCUT2D eigenvalue weighted by Crippen LogP contribution is -2.67. The lowest BCUT2D eigenvalue weighted by molar-refractivity contribution is -0.253. The van der Waals surface area contributed by atoms with Crippen molar-refractivity contribution in [1.82, 2.24) is 0 Å². The number of hydrogen-bond acceptors (Lipinski definition) is 6. The molecule has 0 amide bonds. The fourth-order valence-electron chi connectivity index (χ4n) is 14.2. The largest absolute Gasteiger partial charge is 0.481 e. The second-order valence-corrected chi connectivity index (χ2v) is 21.8. The van der Waals surface area contributed by atoms with Crippen molar-refractivity contribution in [3.63, 3.8) is 0 Å². The van der Waals surface area contributed by atoms with Crippen LogP contribution in [0.3, 0.4) is 0 Å². The molecule has 10 atom stereocenters. The molecule has 0 spiro atoms. The summed E-state index contributed by atoms with van der Waals surface area (Å²) in [5.74, 6) is 0.911. The van der Waals surface area contributed by atoms with E-state index in [9.17, 15) is 29.4 Å². The zero-order chi connectivity index (χ0) is 38.9. The molecule has 0 aromatic heterocycles. The number of carboxylic acids is 2. The predicted molar refractivity (Wildman–Crippen MR) is 201 cm³/mol. The lowest BCUT2D eigenvalue weighted by Gasteiger charge is -2.73. The molecule has 5 aliphatic carbocycles. The van der Waals surface area contributed by atoms with E-state index in [1.165, 1.54) is 25.7 Å².